The molecule has 2 amide bonds. The molecule has 2 aromatic carbocycles. The van der Waals surface area contributed by atoms with E-state index in [4.69, 9.17) is 15.2 Å². The minimum absolute atomic E-state index is 0.0824. The minimum Gasteiger partial charge on any atom is -0.494 e. The first-order valence-corrected chi connectivity index (χ1v) is 12.6. The lowest BCUT2D eigenvalue weighted by Crippen LogP contribution is -2.51. The summed E-state index contributed by atoms with van der Waals surface area (Å²) in [4.78, 5) is 33.5. The Kier molecular flexibility index (Phi) is 7.20. The number of fused-ring (bicyclic) bond motifs is 2. The van der Waals surface area contributed by atoms with Crippen LogP contribution in [0, 0.1) is 11.6 Å². The summed E-state index contributed by atoms with van der Waals surface area (Å²) >= 11 is 0. The lowest BCUT2D eigenvalue weighted by molar-refractivity contribution is -0.265. The van der Waals surface area contributed by atoms with Crippen molar-refractivity contribution in [2.75, 3.05) is 20.3 Å². The van der Waals surface area contributed by atoms with E-state index in [1.807, 2.05) is 0 Å². The standard InChI is InChI=1S/C29H23F5N4O5/c1-27(26(35)40)13-43-24-17(27)11-21(38-23(24)15-5-6-18(30)19(31)9-15)28(41,29(32,33)34)12-37-25(39)16-8-14-4-3-7-36-22(14)20(10-16)42-2/h3-11,41H,12-13H2,1-2H3,(H2,35,40)(H,37,39)/t27-,28?/m0/s1. The summed E-state index contributed by atoms with van der Waals surface area (Å²) in [7, 11) is 1.33. The summed E-state index contributed by atoms with van der Waals surface area (Å²) in [5, 5.41) is 13.7. The molecule has 0 aliphatic carbocycles. The third kappa shape index (κ3) is 4.96. The number of nitrogens with zero attached hydrogens (tertiary/aromatic N) is 2. The van der Waals surface area contributed by atoms with Gasteiger partial charge in [-0.2, -0.15) is 13.2 Å². The van der Waals surface area contributed by atoms with Gasteiger partial charge in [0.05, 0.1) is 19.3 Å². The molecular formula is C29H23F5N4O5. The van der Waals surface area contributed by atoms with Crippen LogP contribution >= 0.6 is 0 Å². The van der Waals surface area contributed by atoms with Crippen LogP contribution in [0.2, 0.25) is 0 Å². The highest BCUT2D eigenvalue weighted by molar-refractivity contribution is 6.00. The second kappa shape index (κ2) is 10.5. The Hall–Kier alpha value is -4.85. The zero-order chi connectivity index (χ0) is 31.3. The lowest BCUT2D eigenvalue weighted by atomic mass is 9.81. The Bertz CT molecular complexity index is 1780. The molecule has 0 saturated carbocycles. The zero-order valence-electron chi connectivity index (χ0n) is 22.6. The van der Waals surface area contributed by atoms with Gasteiger partial charge < -0.3 is 25.6 Å². The van der Waals surface area contributed by atoms with Crippen LogP contribution in [-0.4, -0.2) is 53.3 Å². The summed E-state index contributed by atoms with van der Waals surface area (Å²) in [6.45, 7) is -0.491. The fraction of sp³-hybridized carbons (Fsp3) is 0.241. The number of benzene rings is 2. The first-order valence-electron chi connectivity index (χ1n) is 12.6. The Morgan fingerprint density at radius 1 is 1.14 bits per heavy atom. The van der Waals surface area contributed by atoms with E-state index in [0.717, 1.165) is 18.2 Å². The van der Waals surface area contributed by atoms with Crippen LogP contribution in [0.5, 0.6) is 11.5 Å². The molecule has 0 spiro atoms. The van der Waals surface area contributed by atoms with Crippen LogP contribution in [0.1, 0.15) is 28.5 Å². The summed E-state index contributed by atoms with van der Waals surface area (Å²) in [6, 6.07) is 9.16. The number of methoxy groups -OCH3 is 1. The number of primary amides is 1. The molecule has 2 aromatic heterocycles. The van der Waals surface area contributed by atoms with E-state index in [1.165, 1.54) is 32.4 Å². The van der Waals surface area contributed by atoms with Crippen molar-refractivity contribution in [2.45, 2.75) is 24.1 Å². The predicted molar refractivity (Wildman–Crippen MR) is 142 cm³/mol. The van der Waals surface area contributed by atoms with Gasteiger partial charge in [0.15, 0.2) is 11.6 Å². The number of alkyl halides is 3. The average molecular weight is 603 g/mol. The molecule has 43 heavy (non-hydrogen) atoms. The number of rotatable bonds is 7. The van der Waals surface area contributed by atoms with Gasteiger partial charge in [-0.25, -0.2) is 13.8 Å². The fourth-order valence-corrected chi connectivity index (χ4v) is 4.73. The molecule has 0 saturated heterocycles. The SMILES string of the molecule is COc1cc(C(=O)NCC(O)(c2cc3c(c(-c4ccc(F)c(F)c4)n2)OC[C@]3(C)C(N)=O)C(F)(F)F)cc2cccnc12. The molecule has 1 aliphatic heterocycles. The van der Waals surface area contributed by atoms with Gasteiger partial charge in [-0.05, 0) is 49.4 Å². The van der Waals surface area contributed by atoms with Gasteiger partial charge in [0.25, 0.3) is 5.91 Å². The van der Waals surface area contributed by atoms with Crippen molar-refractivity contribution in [1.82, 2.24) is 15.3 Å². The van der Waals surface area contributed by atoms with Crippen LogP contribution in [0.25, 0.3) is 22.2 Å². The largest absolute Gasteiger partial charge is 0.494 e. The second-order valence-corrected chi connectivity index (χ2v) is 10.1. The number of pyridine rings is 2. The number of aromatic nitrogens is 2. The minimum atomic E-state index is -5.43. The molecular weight excluding hydrogens is 579 g/mol. The summed E-state index contributed by atoms with van der Waals surface area (Å²) < 4.78 is 82.5. The fourth-order valence-electron chi connectivity index (χ4n) is 4.73. The van der Waals surface area contributed by atoms with Crippen molar-refractivity contribution < 1.29 is 46.1 Å². The quantitative estimate of drug-likeness (QED) is 0.273. The van der Waals surface area contributed by atoms with Gasteiger partial charge in [-0.15, -0.1) is 0 Å². The first kappa shape index (κ1) is 29.6. The normalized spacial score (nSPS) is 17.6. The number of carbonyl (C=O) groups is 2. The molecule has 224 valence electrons. The van der Waals surface area contributed by atoms with Crippen LogP contribution in [-0.2, 0) is 15.8 Å². The predicted octanol–water partition coefficient (Wildman–Crippen LogP) is 3.90. The number of nitrogens with two attached hydrogens (primary N) is 1. The van der Waals surface area contributed by atoms with Crippen molar-refractivity contribution in [3.63, 3.8) is 0 Å². The summed E-state index contributed by atoms with van der Waals surface area (Å²) in [5.41, 5.74) is -1.42. The number of aliphatic hydroxyl groups is 1. The van der Waals surface area contributed by atoms with Gasteiger partial charge in [-0.3, -0.25) is 14.6 Å². The smallest absolute Gasteiger partial charge is 0.424 e. The number of carbonyl (C=O) groups excluding carboxylic acids is 2. The molecule has 14 heteroatoms. The molecule has 1 aliphatic rings. The maximum Gasteiger partial charge on any atom is 0.424 e. The van der Waals surface area contributed by atoms with E-state index in [9.17, 15) is 36.6 Å². The molecule has 0 radical (unpaired) electrons. The number of hydrogen-bond acceptors (Lipinski definition) is 7. The van der Waals surface area contributed by atoms with Gasteiger partial charge >= 0.3 is 6.18 Å². The van der Waals surface area contributed by atoms with Crippen LogP contribution in [0.3, 0.4) is 0 Å². The highest BCUT2D eigenvalue weighted by Gasteiger charge is 2.57. The maximum absolute atomic E-state index is 14.6. The topological polar surface area (TPSA) is 137 Å². The third-order valence-corrected chi connectivity index (χ3v) is 7.36. The maximum atomic E-state index is 14.6. The van der Waals surface area contributed by atoms with Crippen molar-refractivity contribution in [1.29, 1.82) is 0 Å². The van der Waals surface area contributed by atoms with Gasteiger partial charge in [0.2, 0.25) is 11.5 Å². The number of hydrogen-bond donors (Lipinski definition) is 3. The average Bonchev–Trinajstić information content (AvgIpc) is 3.33. The molecule has 3 heterocycles. The van der Waals surface area contributed by atoms with E-state index in [-0.39, 0.29) is 34.8 Å². The third-order valence-electron chi connectivity index (χ3n) is 7.36. The molecule has 5 rings (SSSR count). The second-order valence-electron chi connectivity index (χ2n) is 10.1. The van der Waals surface area contributed by atoms with Crippen molar-refractivity contribution in [3.05, 3.63) is 83.2 Å². The van der Waals surface area contributed by atoms with Crippen LogP contribution in [0.4, 0.5) is 22.0 Å². The van der Waals surface area contributed by atoms with Crippen molar-refractivity contribution in [3.8, 4) is 22.8 Å². The molecule has 1 unspecified atom stereocenters. The molecule has 2 atom stereocenters. The summed E-state index contributed by atoms with van der Waals surface area (Å²) in [6.07, 6.45) is -3.93. The first-order chi connectivity index (χ1) is 20.2. The number of amides is 2. The van der Waals surface area contributed by atoms with E-state index < -0.39 is 58.6 Å². The van der Waals surface area contributed by atoms with Gasteiger partial charge in [0.1, 0.15) is 34.7 Å². The van der Waals surface area contributed by atoms with E-state index >= 15 is 0 Å². The Balaban J connectivity index is 1.61. The van der Waals surface area contributed by atoms with Gasteiger partial charge in [-0.1, -0.05) is 6.07 Å². The van der Waals surface area contributed by atoms with Crippen LogP contribution < -0.4 is 20.5 Å². The number of nitrogens with one attached hydrogen (secondary N) is 1. The highest BCUT2D eigenvalue weighted by Crippen LogP contribution is 2.47. The van der Waals surface area contributed by atoms with E-state index in [1.54, 1.807) is 12.1 Å². The number of halogens is 5. The molecule has 4 N–H and O–H groups in total. The van der Waals surface area contributed by atoms with E-state index in [2.05, 4.69) is 15.3 Å². The monoisotopic (exact) mass is 602 g/mol. The van der Waals surface area contributed by atoms with Crippen molar-refractivity contribution >= 4 is 22.7 Å². The number of ether oxygens (including phenoxy) is 2. The van der Waals surface area contributed by atoms with Gasteiger partial charge in [0, 0.05) is 28.3 Å². The highest BCUT2D eigenvalue weighted by atomic mass is 19.4. The molecule has 9 nitrogen and oxygen atoms in total. The molecule has 0 fully saturated rings. The van der Waals surface area contributed by atoms with Crippen LogP contribution in [0.15, 0.2) is 54.7 Å². The summed E-state index contributed by atoms with van der Waals surface area (Å²) in [5.74, 6) is -4.50. The van der Waals surface area contributed by atoms with Crippen molar-refractivity contribution in [2.24, 2.45) is 5.73 Å². The Labute approximate surface area is 240 Å². The Morgan fingerprint density at radius 3 is 2.53 bits per heavy atom. The lowest BCUT2D eigenvalue weighted by Gasteiger charge is -2.31. The van der Waals surface area contributed by atoms with E-state index in [0.29, 0.717) is 17.0 Å². The molecule has 4 aromatic rings. The Morgan fingerprint density at radius 2 is 1.88 bits per heavy atom. The molecule has 0 bridgehead atoms. The zero-order valence-corrected chi connectivity index (χ0v) is 22.6.